The third kappa shape index (κ3) is 4.24. The van der Waals surface area contributed by atoms with E-state index in [-0.39, 0.29) is 17.0 Å². The van der Waals surface area contributed by atoms with Crippen molar-refractivity contribution in [3.8, 4) is 17.1 Å². The molecule has 0 aliphatic carbocycles. The van der Waals surface area contributed by atoms with Crippen molar-refractivity contribution < 1.29 is 19.2 Å². The Morgan fingerprint density at radius 2 is 1.84 bits per heavy atom. The van der Waals surface area contributed by atoms with Gasteiger partial charge in [0.25, 0.3) is 11.6 Å². The van der Waals surface area contributed by atoms with Gasteiger partial charge >= 0.3 is 0 Å². The number of phenolic OH excluding ortho intramolecular Hbond substituents is 1. The fraction of sp³-hybridized carbons (Fsp3) is 0. The molecule has 154 valence electrons. The molecule has 3 aromatic carbocycles. The van der Waals surface area contributed by atoms with Crippen LogP contribution in [0.2, 0.25) is 5.02 Å². The van der Waals surface area contributed by atoms with Crippen LogP contribution >= 0.6 is 11.6 Å². The second kappa shape index (κ2) is 8.29. The average molecular weight is 436 g/mol. The second-order valence-electron chi connectivity index (χ2n) is 6.54. The molecule has 0 fully saturated rings. The van der Waals surface area contributed by atoms with E-state index >= 15 is 0 Å². The van der Waals surface area contributed by atoms with Crippen LogP contribution in [-0.2, 0) is 0 Å². The van der Waals surface area contributed by atoms with Gasteiger partial charge in [0.1, 0.15) is 17.3 Å². The molecule has 0 bridgehead atoms. The number of benzene rings is 3. The minimum Gasteiger partial charge on any atom is -0.507 e. The Morgan fingerprint density at radius 1 is 1.10 bits per heavy atom. The Bertz CT molecular complexity index is 1350. The van der Waals surface area contributed by atoms with Gasteiger partial charge in [-0.05, 0) is 41.1 Å². The van der Waals surface area contributed by atoms with E-state index in [9.17, 15) is 20.0 Å². The molecule has 0 saturated carbocycles. The number of rotatable bonds is 5. The molecule has 8 nitrogen and oxygen atoms in total. The van der Waals surface area contributed by atoms with Crippen LogP contribution < -0.4 is 5.43 Å². The number of nitro groups is 1. The van der Waals surface area contributed by atoms with Crippen LogP contribution in [0.5, 0.6) is 5.75 Å². The summed E-state index contributed by atoms with van der Waals surface area (Å²) in [6, 6.07) is 17.6. The van der Waals surface area contributed by atoms with Crippen molar-refractivity contribution in [2.24, 2.45) is 5.10 Å². The third-order valence-corrected chi connectivity index (χ3v) is 4.85. The maximum Gasteiger partial charge on any atom is 0.275 e. The van der Waals surface area contributed by atoms with Crippen molar-refractivity contribution in [2.45, 2.75) is 0 Å². The van der Waals surface area contributed by atoms with E-state index in [2.05, 4.69) is 10.5 Å². The molecule has 9 heteroatoms. The largest absolute Gasteiger partial charge is 0.507 e. The van der Waals surface area contributed by atoms with E-state index in [0.717, 1.165) is 10.8 Å². The van der Waals surface area contributed by atoms with Gasteiger partial charge in [-0.1, -0.05) is 35.9 Å². The quantitative estimate of drug-likeness (QED) is 0.256. The lowest BCUT2D eigenvalue weighted by molar-refractivity contribution is -0.384. The fourth-order valence-electron chi connectivity index (χ4n) is 3.01. The number of carbonyl (C=O) groups is 1. The minimum atomic E-state index is -0.590. The van der Waals surface area contributed by atoms with Crippen LogP contribution in [-0.4, -0.2) is 22.2 Å². The lowest BCUT2D eigenvalue weighted by Crippen LogP contribution is -2.17. The molecule has 2 N–H and O–H groups in total. The number of halogens is 1. The van der Waals surface area contributed by atoms with Crippen molar-refractivity contribution in [3.63, 3.8) is 0 Å². The van der Waals surface area contributed by atoms with Crippen molar-refractivity contribution in [2.75, 3.05) is 0 Å². The van der Waals surface area contributed by atoms with Crippen LogP contribution in [0.4, 0.5) is 5.69 Å². The Labute approximate surface area is 180 Å². The van der Waals surface area contributed by atoms with E-state index in [1.54, 1.807) is 18.2 Å². The predicted octanol–water partition coefficient (Wildman–Crippen LogP) is 5.13. The molecule has 0 aliphatic rings. The first-order valence-corrected chi connectivity index (χ1v) is 9.39. The number of hydrogen-bond donors (Lipinski definition) is 2. The summed E-state index contributed by atoms with van der Waals surface area (Å²) in [6.07, 6.45) is 1.27. The average Bonchev–Trinajstić information content (AvgIpc) is 3.22. The van der Waals surface area contributed by atoms with Gasteiger partial charge in [0.2, 0.25) is 0 Å². The summed E-state index contributed by atoms with van der Waals surface area (Å²) < 4.78 is 5.60. The fourth-order valence-corrected chi connectivity index (χ4v) is 3.22. The Balaban J connectivity index is 1.50. The summed E-state index contributed by atoms with van der Waals surface area (Å²) in [6.45, 7) is 0. The van der Waals surface area contributed by atoms with Gasteiger partial charge in [-0.3, -0.25) is 14.9 Å². The zero-order valence-electron chi connectivity index (χ0n) is 15.8. The van der Waals surface area contributed by atoms with E-state index in [0.29, 0.717) is 22.1 Å². The Kier molecular flexibility index (Phi) is 5.38. The number of furan rings is 1. The molecule has 4 aromatic rings. The lowest BCUT2D eigenvalue weighted by Gasteiger charge is -2.05. The molecule has 0 spiro atoms. The standard InChI is InChI=1S/C22H14ClN3O5/c23-19-7-5-15(26(29)30)11-17(19)21-8-6-16(31-21)12-24-25-22(28)18-9-13-3-1-2-4-14(13)10-20(18)27/h1-12,27H,(H,25,28)/b24-12+. The molecular weight excluding hydrogens is 422 g/mol. The number of hydrazone groups is 1. The SMILES string of the molecule is O=C(N/N=C/c1ccc(-c2cc([N+](=O)[O-])ccc2Cl)o1)c1cc2ccccc2cc1O. The van der Waals surface area contributed by atoms with E-state index < -0.39 is 10.8 Å². The van der Waals surface area contributed by atoms with Gasteiger partial charge < -0.3 is 9.52 Å². The highest BCUT2D eigenvalue weighted by Gasteiger charge is 2.15. The maximum absolute atomic E-state index is 12.4. The van der Waals surface area contributed by atoms with Gasteiger partial charge in [0.15, 0.2) is 0 Å². The highest BCUT2D eigenvalue weighted by molar-refractivity contribution is 6.33. The number of nitro benzene ring substituents is 1. The summed E-state index contributed by atoms with van der Waals surface area (Å²) in [5.74, 6) is -0.144. The van der Waals surface area contributed by atoms with Gasteiger partial charge in [-0.25, -0.2) is 5.43 Å². The number of fused-ring (bicyclic) bond motifs is 1. The van der Waals surface area contributed by atoms with E-state index in [1.165, 1.54) is 30.5 Å². The molecule has 0 saturated heterocycles. The molecule has 0 aliphatic heterocycles. The zero-order chi connectivity index (χ0) is 22.0. The second-order valence-corrected chi connectivity index (χ2v) is 6.95. The number of phenols is 1. The number of hydrogen-bond acceptors (Lipinski definition) is 6. The summed E-state index contributed by atoms with van der Waals surface area (Å²) >= 11 is 6.12. The molecule has 4 rings (SSSR count). The molecule has 31 heavy (non-hydrogen) atoms. The monoisotopic (exact) mass is 435 g/mol. The first-order valence-electron chi connectivity index (χ1n) is 9.01. The molecule has 0 radical (unpaired) electrons. The number of amides is 1. The van der Waals surface area contributed by atoms with Gasteiger partial charge in [-0.15, -0.1) is 0 Å². The van der Waals surface area contributed by atoms with Crippen molar-refractivity contribution in [3.05, 3.63) is 93.2 Å². The molecule has 0 atom stereocenters. The van der Waals surface area contributed by atoms with Crippen LogP contribution in [0.1, 0.15) is 16.1 Å². The van der Waals surface area contributed by atoms with Gasteiger partial charge in [0, 0.05) is 17.7 Å². The summed E-state index contributed by atoms with van der Waals surface area (Å²) in [5, 5.41) is 26.8. The highest BCUT2D eigenvalue weighted by Crippen LogP contribution is 2.32. The third-order valence-electron chi connectivity index (χ3n) is 4.52. The van der Waals surface area contributed by atoms with Crippen LogP contribution in [0.3, 0.4) is 0 Å². The van der Waals surface area contributed by atoms with E-state index in [1.807, 2.05) is 24.3 Å². The predicted molar refractivity (Wildman–Crippen MR) is 116 cm³/mol. The summed E-state index contributed by atoms with van der Waals surface area (Å²) in [5.41, 5.74) is 2.66. The topological polar surface area (TPSA) is 118 Å². The number of nitrogens with zero attached hydrogens (tertiary/aromatic N) is 2. The van der Waals surface area contributed by atoms with Crippen molar-refractivity contribution >= 4 is 40.2 Å². The summed E-state index contributed by atoms with van der Waals surface area (Å²) in [4.78, 5) is 22.8. The lowest BCUT2D eigenvalue weighted by atomic mass is 10.1. The first kappa shape index (κ1) is 20.1. The van der Waals surface area contributed by atoms with Crippen LogP contribution in [0.15, 0.2) is 76.2 Å². The molecule has 1 heterocycles. The zero-order valence-corrected chi connectivity index (χ0v) is 16.5. The maximum atomic E-state index is 12.4. The molecular formula is C22H14ClN3O5. The smallest absolute Gasteiger partial charge is 0.275 e. The molecule has 1 amide bonds. The minimum absolute atomic E-state index is 0.0827. The summed E-state index contributed by atoms with van der Waals surface area (Å²) in [7, 11) is 0. The first-order chi connectivity index (χ1) is 14.9. The normalized spacial score (nSPS) is 11.1. The highest BCUT2D eigenvalue weighted by atomic mass is 35.5. The Morgan fingerprint density at radius 3 is 2.58 bits per heavy atom. The number of carbonyl (C=O) groups excluding carboxylic acids is 1. The van der Waals surface area contributed by atoms with Crippen molar-refractivity contribution in [1.29, 1.82) is 0 Å². The number of aromatic hydroxyl groups is 1. The van der Waals surface area contributed by atoms with Crippen LogP contribution in [0, 0.1) is 10.1 Å². The van der Waals surface area contributed by atoms with E-state index in [4.69, 9.17) is 16.0 Å². The Hall–Kier alpha value is -4.17. The van der Waals surface area contributed by atoms with Crippen LogP contribution in [0.25, 0.3) is 22.1 Å². The van der Waals surface area contributed by atoms with Crippen molar-refractivity contribution in [1.82, 2.24) is 5.43 Å². The molecule has 1 aromatic heterocycles. The van der Waals surface area contributed by atoms with Gasteiger partial charge in [-0.2, -0.15) is 5.10 Å². The number of non-ortho nitro benzene ring substituents is 1. The van der Waals surface area contributed by atoms with Gasteiger partial charge in [0.05, 0.1) is 21.7 Å². The number of nitrogens with one attached hydrogen (secondary N) is 1. The molecule has 0 unspecified atom stereocenters.